The Morgan fingerprint density at radius 3 is 2.57 bits per heavy atom. The van der Waals surface area contributed by atoms with E-state index < -0.39 is 44.3 Å². The maximum Gasteiger partial charge on any atom is 0.416 e. The molecule has 3 aromatic rings. The van der Waals surface area contributed by atoms with Crippen molar-refractivity contribution in [2.24, 2.45) is 0 Å². The van der Waals surface area contributed by atoms with E-state index in [1.807, 2.05) is 0 Å². The predicted octanol–water partition coefficient (Wildman–Crippen LogP) is 3.84. The molecule has 9 nitrogen and oxygen atoms in total. The van der Waals surface area contributed by atoms with Gasteiger partial charge in [-0.15, -0.1) is 5.10 Å². The summed E-state index contributed by atoms with van der Waals surface area (Å²) in [7, 11) is -4.45. The van der Waals surface area contributed by atoms with Crippen LogP contribution in [0.5, 0.6) is 5.75 Å². The lowest BCUT2D eigenvalue weighted by Gasteiger charge is -2.35. The minimum atomic E-state index is -4.72. The molecular formula is C24H25F3N4O5S. The zero-order chi connectivity index (χ0) is 27.0. The number of alkyl halides is 3. The SMILES string of the molecule is CC(C)(C)OC(=O)Cc1ccc2c(c1)N(S(=O)(=O)c1cccc(C(F)(F)F)c1)C[C@H](Cn1ccnn1)O2. The molecule has 0 amide bonds. The first-order valence-electron chi connectivity index (χ1n) is 11.3. The number of aromatic nitrogens is 3. The van der Waals surface area contributed by atoms with Crippen molar-refractivity contribution in [3.05, 3.63) is 66.0 Å². The Morgan fingerprint density at radius 1 is 1.16 bits per heavy atom. The Bertz CT molecular complexity index is 1390. The number of benzene rings is 2. The van der Waals surface area contributed by atoms with E-state index >= 15 is 0 Å². The Labute approximate surface area is 211 Å². The highest BCUT2D eigenvalue weighted by atomic mass is 32.2. The first-order chi connectivity index (χ1) is 17.2. The van der Waals surface area contributed by atoms with Gasteiger partial charge in [0.2, 0.25) is 0 Å². The molecular weight excluding hydrogens is 513 g/mol. The van der Waals surface area contributed by atoms with Gasteiger partial charge in [-0.25, -0.2) is 13.1 Å². The molecule has 1 aliphatic rings. The van der Waals surface area contributed by atoms with Crippen LogP contribution in [0.15, 0.2) is 59.8 Å². The summed E-state index contributed by atoms with van der Waals surface area (Å²) < 4.78 is 81.1. The average molecular weight is 539 g/mol. The number of ether oxygens (including phenoxy) is 2. The van der Waals surface area contributed by atoms with Gasteiger partial charge in [0.05, 0.1) is 41.9 Å². The van der Waals surface area contributed by atoms with Crippen LogP contribution in [0, 0.1) is 0 Å². The third kappa shape index (κ3) is 6.21. The number of halogens is 3. The lowest BCUT2D eigenvalue weighted by atomic mass is 10.1. The van der Waals surface area contributed by atoms with Crippen molar-refractivity contribution in [3.63, 3.8) is 0 Å². The number of anilines is 1. The molecule has 0 saturated carbocycles. The molecule has 2 aromatic carbocycles. The molecule has 0 spiro atoms. The van der Waals surface area contributed by atoms with Gasteiger partial charge in [0.1, 0.15) is 17.5 Å². The van der Waals surface area contributed by atoms with E-state index in [0.717, 1.165) is 22.5 Å². The highest BCUT2D eigenvalue weighted by molar-refractivity contribution is 7.92. The van der Waals surface area contributed by atoms with Crippen molar-refractivity contribution in [1.29, 1.82) is 0 Å². The minimum absolute atomic E-state index is 0.105. The first-order valence-corrected chi connectivity index (χ1v) is 12.7. The monoisotopic (exact) mass is 538 g/mol. The molecule has 0 bridgehead atoms. The number of hydrogen-bond donors (Lipinski definition) is 0. The van der Waals surface area contributed by atoms with Crippen molar-refractivity contribution >= 4 is 21.7 Å². The van der Waals surface area contributed by atoms with Gasteiger partial charge in [-0.2, -0.15) is 13.2 Å². The number of esters is 1. The van der Waals surface area contributed by atoms with E-state index in [9.17, 15) is 26.4 Å². The molecule has 0 unspecified atom stereocenters. The molecule has 1 aliphatic heterocycles. The van der Waals surface area contributed by atoms with Gasteiger partial charge in [-0.3, -0.25) is 9.10 Å². The van der Waals surface area contributed by atoms with Crippen molar-refractivity contribution in [2.75, 3.05) is 10.8 Å². The normalized spacial score (nSPS) is 16.2. The van der Waals surface area contributed by atoms with Gasteiger partial charge in [-0.1, -0.05) is 17.3 Å². The number of sulfonamides is 1. The number of hydrogen-bond acceptors (Lipinski definition) is 7. The van der Waals surface area contributed by atoms with Gasteiger partial charge < -0.3 is 9.47 Å². The van der Waals surface area contributed by atoms with Crippen LogP contribution in [0.3, 0.4) is 0 Å². The lowest BCUT2D eigenvalue weighted by molar-refractivity contribution is -0.153. The van der Waals surface area contributed by atoms with E-state index in [2.05, 4.69) is 10.3 Å². The quantitative estimate of drug-likeness (QED) is 0.440. The molecule has 0 aliphatic carbocycles. The Hall–Kier alpha value is -3.61. The first kappa shape index (κ1) is 26.5. The molecule has 2 heterocycles. The third-order valence-electron chi connectivity index (χ3n) is 5.34. The summed E-state index contributed by atoms with van der Waals surface area (Å²) in [4.78, 5) is 11.8. The van der Waals surface area contributed by atoms with E-state index in [1.54, 1.807) is 33.0 Å². The summed E-state index contributed by atoms with van der Waals surface area (Å²) in [5.41, 5.74) is -1.23. The second-order valence-electron chi connectivity index (χ2n) is 9.49. The standard InChI is InChI=1S/C24H25F3N4O5S/c1-23(2,3)36-22(32)12-16-7-8-21-20(11-16)31(15-18(35-21)14-30-10-9-28-29-30)37(33,34)19-6-4-5-17(13-19)24(25,26)27/h4-11,13,18H,12,14-15H2,1-3H3/t18-/m0/s1. The average Bonchev–Trinajstić information content (AvgIpc) is 3.30. The highest BCUT2D eigenvalue weighted by Crippen LogP contribution is 2.39. The largest absolute Gasteiger partial charge is 0.484 e. The zero-order valence-electron chi connectivity index (χ0n) is 20.3. The summed E-state index contributed by atoms with van der Waals surface area (Å²) in [5, 5.41) is 7.59. The van der Waals surface area contributed by atoms with Crippen LogP contribution in [0.4, 0.5) is 18.9 Å². The molecule has 13 heteroatoms. The summed E-state index contributed by atoms with van der Waals surface area (Å²) in [5.74, 6) is -0.319. The van der Waals surface area contributed by atoms with Gasteiger partial charge in [-0.05, 0) is 56.7 Å². The predicted molar refractivity (Wildman–Crippen MR) is 126 cm³/mol. The molecule has 37 heavy (non-hydrogen) atoms. The highest BCUT2D eigenvalue weighted by Gasteiger charge is 2.37. The Kier molecular flexibility index (Phi) is 6.93. The van der Waals surface area contributed by atoms with Gasteiger partial charge in [0, 0.05) is 6.20 Å². The summed E-state index contributed by atoms with van der Waals surface area (Å²) in [6.45, 7) is 5.12. The van der Waals surface area contributed by atoms with Crippen LogP contribution in [0.2, 0.25) is 0 Å². The number of carbonyl (C=O) groups excluding carboxylic acids is 1. The number of nitrogens with zero attached hydrogens (tertiary/aromatic N) is 4. The molecule has 0 N–H and O–H groups in total. The van der Waals surface area contributed by atoms with E-state index in [4.69, 9.17) is 9.47 Å². The van der Waals surface area contributed by atoms with Crippen molar-refractivity contribution in [1.82, 2.24) is 15.0 Å². The fraction of sp³-hybridized carbons (Fsp3) is 0.375. The fourth-order valence-corrected chi connectivity index (χ4v) is 5.38. The molecule has 1 aromatic heterocycles. The smallest absolute Gasteiger partial charge is 0.416 e. The van der Waals surface area contributed by atoms with Crippen molar-refractivity contribution in [3.8, 4) is 5.75 Å². The van der Waals surface area contributed by atoms with Crippen LogP contribution in [-0.2, 0) is 38.7 Å². The Balaban J connectivity index is 1.73. The molecule has 198 valence electrons. The van der Waals surface area contributed by atoms with Crippen LogP contribution < -0.4 is 9.04 Å². The van der Waals surface area contributed by atoms with E-state index in [-0.39, 0.29) is 30.9 Å². The molecule has 0 saturated heterocycles. The maximum atomic E-state index is 13.7. The van der Waals surface area contributed by atoms with Gasteiger partial charge in [0.15, 0.2) is 0 Å². The van der Waals surface area contributed by atoms with Crippen LogP contribution in [0.25, 0.3) is 0 Å². The second kappa shape index (κ2) is 9.69. The maximum absolute atomic E-state index is 13.7. The molecule has 1 atom stereocenters. The molecule has 0 radical (unpaired) electrons. The van der Waals surface area contributed by atoms with Crippen LogP contribution >= 0.6 is 0 Å². The van der Waals surface area contributed by atoms with E-state index in [0.29, 0.717) is 11.6 Å². The number of carbonyl (C=O) groups is 1. The van der Waals surface area contributed by atoms with Gasteiger partial charge >= 0.3 is 12.1 Å². The number of rotatable bonds is 6. The van der Waals surface area contributed by atoms with Crippen LogP contribution in [0.1, 0.15) is 31.9 Å². The van der Waals surface area contributed by atoms with E-state index in [1.165, 1.54) is 23.0 Å². The third-order valence-corrected chi connectivity index (χ3v) is 7.11. The summed E-state index contributed by atoms with van der Waals surface area (Å²) in [6.07, 6.45) is -2.54. The molecule has 4 rings (SSSR count). The topological polar surface area (TPSA) is 104 Å². The zero-order valence-corrected chi connectivity index (χ0v) is 21.1. The van der Waals surface area contributed by atoms with Crippen molar-refractivity contribution in [2.45, 2.75) is 56.5 Å². The number of fused-ring (bicyclic) bond motifs is 1. The van der Waals surface area contributed by atoms with Crippen molar-refractivity contribution < 1.29 is 35.9 Å². The minimum Gasteiger partial charge on any atom is -0.484 e. The van der Waals surface area contributed by atoms with Gasteiger partial charge in [0.25, 0.3) is 10.0 Å². The summed E-state index contributed by atoms with van der Waals surface area (Å²) >= 11 is 0. The second-order valence-corrected chi connectivity index (χ2v) is 11.4. The Morgan fingerprint density at radius 2 is 1.92 bits per heavy atom. The van der Waals surface area contributed by atoms with Crippen LogP contribution in [-0.4, -0.2) is 47.6 Å². The molecule has 0 fully saturated rings. The fourth-order valence-electron chi connectivity index (χ4n) is 3.83. The summed E-state index contributed by atoms with van der Waals surface area (Å²) in [6, 6.07) is 8.16. The lowest BCUT2D eigenvalue weighted by Crippen LogP contribution is -2.45.